The Labute approximate surface area is 149 Å². The van der Waals surface area contributed by atoms with Crippen LogP contribution in [-0.2, 0) is 0 Å². The molecule has 3 rings (SSSR count). The van der Waals surface area contributed by atoms with Gasteiger partial charge in [-0.05, 0) is 38.1 Å². The van der Waals surface area contributed by atoms with Crippen LogP contribution >= 0.6 is 11.3 Å². The molecule has 0 fully saturated rings. The zero-order valence-electron chi connectivity index (χ0n) is 14.0. The molecule has 0 aliphatic rings. The molecule has 1 aromatic carbocycles. The minimum Gasteiger partial charge on any atom is -0.357 e. The number of benzene rings is 1. The van der Waals surface area contributed by atoms with Gasteiger partial charge < -0.3 is 4.90 Å². The Balaban J connectivity index is 1.88. The van der Waals surface area contributed by atoms with Gasteiger partial charge in [0.05, 0.1) is 10.6 Å². The summed E-state index contributed by atoms with van der Waals surface area (Å²) in [6, 6.07) is 10.4. The molecule has 0 aliphatic carbocycles. The molecule has 128 valence electrons. The summed E-state index contributed by atoms with van der Waals surface area (Å²) >= 11 is 1.55. The maximum atomic E-state index is 10.8. The Kier molecular flexibility index (Phi) is 5.04. The molecule has 0 saturated heterocycles. The number of anilines is 1. The van der Waals surface area contributed by atoms with Crippen LogP contribution in [0.25, 0.3) is 21.8 Å². The van der Waals surface area contributed by atoms with Gasteiger partial charge in [0.15, 0.2) is 0 Å². The lowest BCUT2D eigenvalue weighted by molar-refractivity contribution is -0.384. The van der Waals surface area contributed by atoms with Crippen LogP contribution in [0.5, 0.6) is 0 Å². The third-order valence-corrected chi connectivity index (χ3v) is 4.85. The molecule has 2 aromatic heterocycles. The average molecular weight is 354 g/mol. The highest BCUT2D eigenvalue weighted by molar-refractivity contribution is 7.13. The third-order valence-electron chi connectivity index (χ3n) is 3.96. The maximum absolute atomic E-state index is 10.8. The number of non-ortho nitro benzene ring substituents is 1. The highest BCUT2D eigenvalue weighted by atomic mass is 32.1. The summed E-state index contributed by atoms with van der Waals surface area (Å²) in [6.45, 7) is 6.01. The number of pyridine rings is 1. The summed E-state index contributed by atoms with van der Waals surface area (Å²) in [7, 11) is 0. The number of hydrogen-bond donors (Lipinski definition) is 0. The summed E-state index contributed by atoms with van der Waals surface area (Å²) < 4.78 is 0. The van der Waals surface area contributed by atoms with Gasteiger partial charge in [0.1, 0.15) is 10.8 Å². The van der Waals surface area contributed by atoms with Crippen molar-refractivity contribution in [1.82, 2.24) is 9.97 Å². The van der Waals surface area contributed by atoms with Crippen molar-refractivity contribution in [2.75, 3.05) is 18.0 Å². The van der Waals surface area contributed by atoms with Crippen molar-refractivity contribution in [1.29, 1.82) is 0 Å². The van der Waals surface area contributed by atoms with Crippen LogP contribution in [0.15, 0.2) is 48.0 Å². The van der Waals surface area contributed by atoms with Gasteiger partial charge in [0.25, 0.3) is 5.69 Å². The largest absolute Gasteiger partial charge is 0.357 e. The van der Waals surface area contributed by atoms with Crippen LogP contribution in [0.4, 0.5) is 11.5 Å². The minimum absolute atomic E-state index is 0.0807. The molecule has 0 saturated carbocycles. The van der Waals surface area contributed by atoms with Gasteiger partial charge in [0.2, 0.25) is 0 Å². The zero-order chi connectivity index (χ0) is 17.8. The fraction of sp³-hybridized carbons (Fsp3) is 0.222. The first-order valence-electron chi connectivity index (χ1n) is 8.04. The van der Waals surface area contributed by atoms with E-state index in [0.717, 1.165) is 40.7 Å². The van der Waals surface area contributed by atoms with Crippen molar-refractivity contribution in [2.45, 2.75) is 13.8 Å². The molecule has 0 bridgehead atoms. The lowest BCUT2D eigenvalue weighted by atomic mass is 10.1. The molecule has 7 heteroatoms. The number of nitro groups is 1. The second-order valence-electron chi connectivity index (χ2n) is 5.42. The smallest absolute Gasteiger partial charge is 0.269 e. The Hall–Kier alpha value is -2.80. The Bertz CT molecular complexity index is 873. The molecule has 0 N–H and O–H groups in total. The van der Waals surface area contributed by atoms with Crippen LogP contribution < -0.4 is 4.90 Å². The summed E-state index contributed by atoms with van der Waals surface area (Å²) in [5, 5.41) is 13.6. The maximum Gasteiger partial charge on any atom is 0.269 e. The second kappa shape index (κ2) is 7.40. The molecule has 0 spiro atoms. The van der Waals surface area contributed by atoms with Crippen LogP contribution in [0.3, 0.4) is 0 Å². The first kappa shape index (κ1) is 17.0. The van der Waals surface area contributed by atoms with E-state index in [-0.39, 0.29) is 5.69 Å². The molecule has 0 aliphatic heterocycles. The molecule has 6 nitrogen and oxygen atoms in total. The molecule has 2 heterocycles. The van der Waals surface area contributed by atoms with Crippen molar-refractivity contribution in [3.63, 3.8) is 0 Å². The predicted octanol–water partition coefficient (Wildman–Crippen LogP) is 4.63. The normalized spacial score (nSPS) is 10.6. The fourth-order valence-electron chi connectivity index (χ4n) is 2.56. The van der Waals surface area contributed by atoms with Crippen molar-refractivity contribution < 1.29 is 4.92 Å². The second-order valence-corrected chi connectivity index (χ2v) is 6.27. The summed E-state index contributed by atoms with van der Waals surface area (Å²) in [5.74, 6) is 0.939. The number of thiazole rings is 1. The first-order valence-corrected chi connectivity index (χ1v) is 8.92. The van der Waals surface area contributed by atoms with Crippen molar-refractivity contribution >= 4 is 22.8 Å². The van der Waals surface area contributed by atoms with E-state index in [4.69, 9.17) is 0 Å². The van der Waals surface area contributed by atoms with E-state index in [0.29, 0.717) is 0 Å². The molecule has 0 amide bonds. The molecular weight excluding hydrogens is 336 g/mol. The van der Waals surface area contributed by atoms with Gasteiger partial charge in [-0.25, -0.2) is 9.97 Å². The topological polar surface area (TPSA) is 72.2 Å². The van der Waals surface area contributed by atoms with Gasteiger partial charge >= 0.3 is 0 Å². The van der Waals surface area contributed by atoms with Gasteiger partial charge in [0, 0.05) is 47.9 Å². The molecule has 0 unspecified atom stereocenters. The highest BCUT2D eigenvalue weighted by Gasteiger charge is 2.11. The SMILES string of the molecule is CCN(CC)c1cc(-c2nc(-c3ccc([N+](=O)[O-])cc3)cs2)ccn1. The van der Waals surface area contributed by atoms with E-state index in [2.05, 4.69) is 28.7 Å². The Morgan fingerprint density at radius 2 is 1.84 bits per heavy atom. The average Bonchev–Trinajstić information content (AvgIpc) is 3.13. The summed E-state index contributed by atoms with van der Waals surface area (Å²) in [4.78, 5) is 21.7. The van der Waals surface area contributed by atoms with Gasteiger partial charge in [-0.3, -0.25) is 10.1 Å². The van der Waals surface area contributed by atoms with E-state index in [1.54, 1.807) is 29.7 Å². The monoisotopic (exact) mass is 354 g/mol. The fourth-order valence-corrected chi connectivity index (χ4v) is 3.39. The van der Waals surface area contributed by atoms with E-state index >= 15 is 0 Å². The number of hydrogen-bond acceptors (Lipinski definition) is 6. The van der Waals surface area contributed by atoms with Crippen LogP contribution in [0.1, 0.15) is 13.8 Å². The summed E-state index contributed by atoms with van der Waals surface area (Å²) in [6.07, 6.45) is 1.80. The van der Waals surface area contributed by atoms with Gasteiger partial charge in [-0.15, -0.1) is 11.3 Å². The standard InChI is InChI=1S/C18H18N4O2S/c1-3-21(4-2)17-11-14(9-10-19-17)18-20-16(12-25-18)13-5-7-15(8-6-13)22(23)24/h5-12H,3-4H2,1-2H3. The summed E-state index contributed by atoms with van der Waals surface area (Å²) in [5.41, 5.74) is 2.79. The Morgan fingerprint density at radius 3 is 2.48 bits per heavy atom. The lowest BCUT2D eigenvalue weighted by Crippen LogP contribution is -2.22. The van der Waals surface area contributed by atoms with E-state index in [1.807, 2.05) is 17.5 Å². The quantitative estimate of drug-likeness (QED) is 0.477. The van der Waals surface area contributed by atoms with E-state index in [9.17, 15) is 10.1 Å². The molecule has 3 aromatic rings. The molecule has 0 radical (unpaired) electrons. The number of nitrogens with zero attached hydrogens (tertiary/aromatic N) is 4. The molecular formula is C18H18N4O2S. The zero-order valence-corrected chi connectivity index (χ0v) is 14.9. The molecule has 0 atom stereocenters. The van der Waals surface area contributed by atoms with E-state index in [1.165, 1.54) is 12.1 Å². The van der Waals surface area contributed by atoms with Crippen LogP contribution in [0, 0.1) is 10.1 Å². The van der Waals surface area contributed by atoms with Crippen molar-refractivity contribution in [3.05, 3.63) is 58.1 Å². The first-order chi connectivity index (χ1) is 12.1. The predicted molar refractivity (Wildman–Crippen MR) is 101 cm³/mol. The molecule has 25 heavy (non-hydrogen) atoms. The van der Waals surface area contributed by atoms with Gasteiger partial charge in [-0.1, -0.05) is 0 Å². The highest BCUT2D eigenvalue weighted by Crippen LogP contribution is 2.30. The Morgan fingerprint density at radius 1 is 1.12 bits per heavy atom. The lowest BCUT2D eigenvalue weighted by Gasteiger charge is -2.19. The van der Waals surface area contributed by atoms with Gasteiger partial charge in [-0.2, -0.15) is 0 Å². The van der Waals surface area contributed by atoms with Crippen molar-refractivity contribution in [2.24, 2.45) is 0 Å². The minimum atomic E-state index is -0.401. The number of rotatable bonds is 6. The number of nitro benzene ring substituents is 1. The van der Waals surface area contributed by atoms with Crippen LogP contribution in [0.2, 0.25) is 0 Å². The number of aromatic nitrogens is 2. The van der Waals surface area contributed by atoms with E-state index < -0.39 is 4.92 Å². The van der Waals surface area contributed by atoms with Crippen molar-refractivity contribution in [3.8, 4) is 21.8 Å². The third kappa shape index (κ3) is 3.66. The van der Waals surface area contributed by atoms with Crippen LogP contribution in [-0.4, -0.2) is 28.0 Å².